The predicted molar refractivity (Wildman–Crippen MR) is 61.0 cm³/mol. The van der Waals surface area contributed by atoms with Crippen molar-refractivity contribution in [3.63, 3.8) is 0 Å². The first-order valence-electron chi connectivity index (χ1n) is 4.71. The first-order valence-corrected chi connectivity index (χ1v) is 5.69. The quantitative estimate of drug-likeness (QED) is 0.597. The number of aliphatic hydroxyl groups is 1. The van der Waals surface area contributed by atoms with E-state index in [9.17, 15) is 0 Å². The van der Waals surface area contributed by atoms with Gasteiger partial charge in [-0.3, -0.25) is 0 Å². The Labute approximate surface area is 94.4 Å². The van der Waals surface area contributed by atoms with Crippen LogP contribution in [0.1, 0.15) is 11.9 Å². The standard InChI is InChI=1S/C11H16O3S/c1-13-11(14-2)9-3-5-10(6-4-9)15-8-7-12/h3-6,11-12H,7-8H2,1-2H3. The largest absolute Gasteiger partial charge is 0.396 e. The molecule has 0 aliphatic heterocycles. The van der Waals surface area contributed by atoms with Crippen LogP contribution in [0.2, 0.25) is 0 Å². The molecule has 0 saturated carbocycles. The molecule has 0 unspecified atom stereocenters. The Bertz CT molecular complexity index is 270. The Hall–Kier alpha value is -0.550. The number of hydrogen-bond acceptors (Lipinski definition) is 4. The highest BCUT2D eigenvalue weighted by Crippen LogP contribution is 2.22. The minimum absolute atomic E-state index is 0.200. The highest BCUT2D eigenvalue weighted by Gasteiger charge is 2.07. The van der Waals surface area contributed by atoms with E-state index < -0.39 is 0 Å². The summed E-state index contributed by atoms with van der Waals surface area (Å²) in [6.07, 6.45) is -0.304. The van der Waals surface area contributed by atoms with Gasteiger partial charge in [-0.25, -0.2) is 0 Å². The maximum atomic E-state index is 8.69. The minimum atomic E-state index is -0.304. The Morgan fingerprint density at radius 1 is 1.20 bits per heavy atom. The number of ether oxygens (including phenoxy) is 2. The second kappa shape index (κ2) is 6.85. The summed E-state index contributed by atoms with van der Waals surface area (Å²) < 4.78 is 10.3. The summed E-state index contributed by atoms with van der Waals surface area (Å²) in [5.74, 6) is 0.720. The third kappa shape index (κ3) is 3.83. The number of hydrogen-bond donors (Lipinski definition) is 1. The molecule has 0 bridgehead atoms. The van der Waals surface area contributed by atoms with Crippen molar-refractivity contribution in [1.82, 2.24) is 0 Å². The van der Waals surface area contributed by atoms with E-state index in [-0.39, 0.29) is 12.9 Å². The molecule has 0 heterocycles. The van der Waals surface area contributed by atoms with Crippen LogP contribution < -0.4 is 0 Å². The van der Waals surface area contributed by atoms with Crippen LogP contribution >= 0.6 is 11.8 Å². The SMILES string of the molecule is COC(OC)c1ccc(SCCO)cc1. The van der Waals surface area contributed by atoms with E-state index in [0.717, 1.165) is 16.2 Å². The van der Waals surface area contributed by atoms with Crippen LogP contribution in [0.15, 0.2) is 29.2 Å². The summed E-state index contributed by atoms with van der Waals surface area (Å²) in [5.41, 5.74) is 0.994. The molecule has 0 amide bonds. The summed E-state index contributed by atoms with van der Waals surface area (Å²) in [6, 6.07) is 7.94. The number of benzene rings is 1. The summed E-state index contributed by atoms with van der Waals surface area (Å²) in [6.45, 7) is 0.200. The van der Waals surface area contributed by atoms with Crippen LogP contribution in [0.5, 0.6) is 0 Å². The van der Waals surface area contributed by atoms with Gasteiger partial charge in [0.25, 0.3) is 0 Å². The molecule has 84 valence electrons. The Morgan fingerprint density at radius 3 is 2.27 bits per heavy atom. The molecule has 4 heteroatoms. The van der Waals surface area contributed by atoms with Crippen molar-refractivity contribution in [3.05, 3.63) is 29.8 Å². The fraction of sp³-hybridized carbons (Fsp3) is 0.455. The van der Waals surface area contributed by atoms with E-state index in [2.05, 4.69) is 0 Å². The van der Waals surface area contributed by atoms with Crippen LogP contribution in [-0.4, -0.2) is 31.7 Å². The number of rotatable bonds is 6. The maximum Gasteiger partial charge on any atom is 0.183 e. The topological polar surface area (TPSA) is 38.7 Å². The molecule has 0 radical (unpaired) electrons. The van der Waals surface area contributed by atoms with Crippen molar-refractivity contribution in [1.29, 1.82) is 0 Å². The van der Waals surface area contributed by atoms with Gasteiger partial charge in [0, 0.05) is 30.4 Å². The summed E-state index contributed by atoms with van der Waals surface area (Å²) in [4.78, 5) is 1.14. The Balaban J connectivity index is 2.62. The first-order chi connectivity index (χ1) is 7.31. The van der Waals surface area contributed by atoms with Gasteiger partial charge in [0.15, 0.2) is 6.29 Å². The third-order valence-corrected chi connectivity index (χ3v) is 2.93. The van der Waals surface area contributed by atoms with Gasteiger partial charge in [-0.1, -0.05) is 12.1 Å². The lowest BCUT2D eigenvalue weighted by Gasteiger charge is -2.13. The number of aliphatic hydroxyl groups excluding tert-OH is 1. The summed E-state index contributed by atoms with van der Waals surface area (Å²) in [5, 5.41) is 8.69. The number of thioether (sulfide) groups is 1. The van der Waals surface area contributed by atoms with Crippen LogP contribution in [-0.2, 0) is 9.47 Å². The van der Waals surface area contributed by atoms with Crippen molar-refractivity contribution in [2.45, 2.75) is 11.2 Å². The van der Waals surface area contributed by atoms with Crippen LogP contribution in [0.4, 0.5) is 0 Å². The summed E-state index contributed by atoms with van der Waals surface area (Å²) in [7, 11) is 3.23. The smallest absolute Gasteiger partial charge is 0.183 e. The average molecular weight is 228 g/mol. The Morgan fingerprint density at radius 2 is 1.80 bits per heavy atom. The monoisotopic (exact) mass is 228 g/mol. The molecule has 0 spiro atoms. The molecule has 15 heavy (non-hydrogen) atoms. The highest BCUT2D eigenvalue weighted by molar-refractivity contribution is 7.99. The maximum absolute atomic E-state index is 8.69. The highest BCUT2D eigenvalue weighted by atomic mass is 32.2. The first kappa shape index (κ1) is 12.5. The van der Waals surface area contributed by atoms with Crippen LogP contribution in [0, 0.1) is 0 Å². The van der Waals surface area contributed by atoms with Gasteiger partial charge in [0.05, 0.1) is 6.61 Å². The molecule has 1 rings (SSSR count). The van der Waals surface area contributed by atoms with Crippen molar-refractivity contribution < 1.29 is 14.6 Å². The van der Waals surface area contributed by atoms with Gasteiger partial charge in [-0.2, -0.15) is 0 Å². The van der Waals surface area contributed by atoms with Gasteiger partial charge in [-0.15, -0.1) is 11.8 Å². The van der Waals surface area contributed by atoms with E-state index in [1.807, 2.05) is 24.3 Å². The molecular weight excluding hydrogens is 212 g/mol. The normalized spacial score (nSPS) is 10.9. The molecule has 0 atom stereocenters. The fourth-order valence-electron chi connectivity index (χ4n) is 1.25. The second-order valence-electron chi connectivity index (χ2n) is 2.94. The zero-order valence-electron chi connectivity index (χ0n) is 8.97. The van der Waals surface area contributed by atoms with E-state index in [1.54, 1.807) is 26.0 Å². The lowest BCUT2D eigenvalue weighted by Crippen LogP contribution is -2.03. The molecule has 1 aromatic carbocycles. The molecular formula is C11H16O3S. The molecule has 0 aliphatic carbocycles. The molecule has 0 aliphatic rings. The zero-order chi connectivity index (χ0) is 11.1. The van der Waals surface area contributed by atoms with Gasteiger partial charge in [-0.05, 0) is 12.1 Å². The predicted octanol–water partition coefficient (Wildman–Crippen LogP) is 2.06. The lowest BCUT2D eigenvalue weighted by molar-refractivity contribution is -0.106. The molecule has 0 aromatic heterocycles. The van der Waals surface area contributed by atoms with E-state index in [1.165, 1.54) is 0 Å². The van der Waals surface area contributed by atoms with Crippen molar-refractivity contribution in [2.75, 3.05) is 26.6 Å². The summed E-state index contributed by atoms with van der Waals surface area (Å²) >= 11 is 1.62. The third-order valence-electron chi connectivity index (χ3n) is 1.94. The van der Waals surface area contributed by atoms with Crippen molar-refractivity contribution >= 4 is 11.8 Å². The van der Waals surface area contributed by atoms with Gasteiger partial charge < -0.3 is 14.6 Å². The molecule has 3 nitrogen and oxygen atoms in total. The fourth-order valence-corrected chi connectivity index (χ4v) is 1.91. The van der Waals surface area contributed by atoms with E-state index in [0.29, 0.717) is 0 Å². The molecule has 0 saturated heterocycles. The van der Waals surface area contributed by atoms with Gasteiger partial charge in [0.2, 0.25) is 0 Å². The van der Waals surface area contributed by atoms with E-state index >= 15 is 0 Å². The Kier molecular flexibility index (Phi) is 5.71. The van der Waals surface area contributed by atoms with Gasteiger partial charge in [0.1, 0.15) is 0 Å². The molecule has 1 aromatic rings. The van der Waals surface area contributed by atoms with Gasteiger partial charge >= 0.3 is 0 Å². The van der Waals surface area contributed by atoms with Crippen LogP contribution in [0.3, 0.4) is 0 Å². The minimum Gasteiger partial charge on any atom is -0.396 e. The second-order valence-corrected chi connectivity index (χ2v) is 4.11. The van der Waals surface area contributed by atoms with Crippen molar-refractivity contribution in [3.8, 4) is 0 Å². The van der Waals surface area contributed by atoms with Crippen molar-refractivity contribution in [2.24, 2.45) is 0 Å². The lowest BCUT2D eigenvalue weighted by atomic mass is 10.2. The molecule has 0 fully saturated rings. The van der Waals surface area contributed by atoms with Crippen LogP contribution in [0.25, 0.3) is 0 Å². The van der Waals surface area contributed by atoms with E-state index in [4.69, 9.17) is 14.6 Å². The number of methoxy groups -OCH3 is 2. The zero-order valence-corrected chi connectivity index (χ0v) is 9.79. The average Bonchev–Trinajstić information content (AvgIpc) is 2.29. The molecule has 1 N–H and O–H groups in total.